The molecule has 0 heterocycles. The van der Waals surface area contributed by atoms with Crippen molar-refractivity contribution >= 4 is 39.5 Å². The number of esters is 4. The highest BCUT2D eigenvalue weighted by Gasteiger charge is 2.30. The molecular weight excluding hydrogens is 1330 g/mol. The van der Waals surface area contributed by atoms with E-state index >= 15 is 0 Å². The summed E-state index contributed by atoms with van der Waals surface area (Å²) in [5.41, 5.74) is 0. The van der Waals surface area contributed by atoms with Gasteiger partial charge in [0.15, 0.2) is 12.2 Å². The van der Waals surface area contributed by atoms with Crippen LogP contribution in [0.3, 0.4) is 0 Å². The van der Waals surface area contributed by atoms with Gasteiger partial charge in [-0.25, -0.2) is 9.13 Å². The number of phosphoric ester groups is 2. The number of phosphoric acid groups is 2. The Morgan fingerprint density at radius 3 is 0.784 bits per heavy atom. The van der Waals surface area contributed by atoms with E-state index in [1.165, 1.54) is 0 Å². The molecule has 0 aliphatic heterocycles. The van der Waals surface area contributed by atoms with Crippen LogP contribution in [0, 0.1) is 0 Å². The number of ether oxygens (including phenoxy) is 4. The van der Waals surface area contributed by atoms with Crippen molar-refractivity contribution in [2.45, 2.75) is 316 Å². The van der Waals surface area contributed by atoms with Gasteiger partial charge in [0.05, 0.1) is 26.4 Å². The number of allylic oxidation sites excluding steroid dienone is 24. The first-order valence-corrected chi connectivity index (χ1v) is 42.1. The standard InChI is InChI=1S/C83H138O17P2/c1-5-9-13-17-21-25-29-33-36-37-38-39-42-45-48-52-56-60-64-68-81(86)94-73-78(99-82(87)69-65-61-57-53-49-43-32-28-24-20-16-12-8-4)75-97-101(89,90)95-71-77(84)72-96-102(91,92)98-76-79(100-83(88)70-66-62-58-54-50-46-41-35-31-27-23-19-15-11-7-3)74-93-80(85)67-63-59-55-51-47-44-40-34-30-26-22-18-14-10-6-2/h9-11,13-16,20-23,25-28,32-36,38-41,77-79,84H,5-8,12,17-19,24,29-31,37,42-76H2,1-4H3,(H,89,90)(H,91,92)/b13-9-,14-10-,15-11-,20-16-,25-21-,26-22-,27-23-,32-28-,36-33-,39-38-,40-34-,41-35-. The van der Waals surface area contributed by atoms with Crippen LogP contribution in [-0.2, 0) is 65.4 Å². The summed E-state index contributed by atoms with van der Waals surface area (Å²) in [4.78, 5) is 73.0. The summed E-state index contributed by atoms with van der Waals surface area (Å²) >= 11 is 0. The molecular formula is C83H138O17P2. The Bertz CT molecular complexity index is 2510. The normalized spacial score (nSPS) is 14.7. The highest BCUT2D eigenvalue weighted by atomic mass is 31.2. The second kappa shape index (κ2) is 74.2. The molecule has 582 valence electrons. The quantitative estimate of drug-likeness (QED) is 0.0169. The summed E-state index contributed by atoms with van der Waals surface area (Å²) in [7, 11) is -9.98. The van der Waals surface area contributed by atoms with Crippen molar-refractivity contribution in [3.63, 3.8) is 0 Å². The van der Waals surface area contributed by atoms with Gasteiger partial charge in [0, 0.05) is 25.7 Å². The van der Waals surface area contributed by atoms with E-state index < -0.39 is 97.5 Å². The largest absolute Gasteiger partial charge is 0.472 e. The van der Waals surface area contributed by atoms with E-state index in [1.807, 2.05) is 0 Å². The van der Waals surface area contributed by atoms with E-state index in [9.17, 15) is 43.2 Å². The highest BCUT2D eigenvalue weighted by molar-refractivity contribution is 7.47. The van der Waals surface area contributed by atoms with Gasteiger partial charge in [0.25, 0.3) is 0 Å². The number of carbonyl (C=O) groups excluding carboxylic acids is 4. The van der Waals surface area contributed by atoms with Crippen LogP contribution in [0.4, 0.5) is 0 Å². The summed E-state index contributed by atoms with van der Waals surface area (Å²) in [6.07, 6.45) is 84.0. The number of carbonyl (C=O) groups is 4. The van der Waals surface area contributed by atoms with Crippen LogP contribution in [0.25, 0.3) is 0 Å². The molecule has 0 aliphatic rings. The third kappa shape index (κ3) is 73.3. The van der Waals surface area contributed by atoms with Gasteiger partial charge >= 0.3 is 39.5 Å². The lowest BCUT2D eigenvalue weighted by Crippen LogP contribution is -2.30. The zero-order valence-electron chi connectivity index (χ0n) is 63.5. The molecule has 0 aromatic carbocycles. The Morgan fingerprint density at radius 2 is 0.510 bits per heavy atom. The Kier molecular flexibility index (Phi) is 70.5. The van der Waals surface area contributed by atoms with Gasteiger partial charge in [-0.2, -0.15) is 0 Å². The fourth-order valence-corrected chi connectivity index (χ4v) is 11.5. The Balaban J connectivity index is 5.39. The van der Waals surface area contributed by atoms with Crippen LogP contribution >= 0.6 is 15.6 Å². The Hall–Kier alpha value is -5.06. The van der Waals surface area contributed by atoms with Gasteiger partial charge < -0.3 is 33.8 Å². The molecule has 5 unspecified atom stereocenters. The molecule has 0 radical (unpaired) electrons. The summed E-state index contributed by atoms with van der Waals surface area (Å²) in [5.74, 6) is -2.25. The fourth-order valence-electron chi connectivity index (χ4n) is 9.92. The predicted molar refractivity (Wildman–Crippen MR) is 417 cm³/mol. The number of rotatable bonds is 72. The van der Waals surface area contributed by atoms with Gasteiger partial charge in [-0.1, -0.05) is 263 Å². The Labute approximate surface area is 617 Å². The second-order valence-corrected chi connectivity index (χ2v) is 28.4. The summed E-state index contributed by atoms with van der Waals surface area (Å²) in [6, 6.07) is 0. The molecule has 0 amide bonds. The Morgan fingerprint density at radius 1 is 0.284 bits per heavy atom. The number of aliphatic hydroxyl groups is 1. The van der Waals surface area contributed by atoms with E-state index in [1.54, 1.807) is 0 Å². The van der Waals surface area contributed by atoms with E-state index in [2.05, 4.69) is 174 Å². The number of hydrogen-bond acceptors (Lipinski definition) is 15. The molecule has 0 fully saturated rings. The third-order valence-electron chi connectivity index (χ3n) is 15.8. The van der Waals surface area contributed by atoms with Crippen LogP contribution < -0.4 is 0 Å². The number of hydrogen-bond donors (Lipinski definition) is 3. The molecule has 0 saturated heterocycles. The van der Waals surface area contributed by atoms with Gasteiger partial charge in [-0.05, 0) is 154 Å². The summed E-state index contributed by atoms with van der Waals surface area (Å²) in [5, 5.41) is 10.6. The first-order valence-electron chi connectivity index (χ1n) is 39.1. The molecule has 3 N–H and O–H groups in total. The molecule has 102 heavy (non-hydrogen) atoms. The highest BCUT2D eigenvalue weighted by Crippen LogP contribution is 2.45. The summed E-state index contributed by atoms with van der Waals surface area (Å²) < 4.78 is 68.5. The zero-order valence-corrected chi connectivity index (χ0v) is 65.3. The monoisotopic (exact) mass is 1470 g/mol. The molecule has 0 saturated carbocycles. The van der Waals surface area contributed by atoms with Crippen molar-refractivity contribution in [1.29, 1.82) is 0 Å². The molecule has 0 rings (SSSR count). The number of aliphatic hydroxyl groups excluding tert-OH is 1. The maximum absolute atomic E-state index is 13.1. The molecule has 0 aliphatic carbocycles. The lowest BCUT2D eigenvalue weighted by Gasteiger charge is -2.21. The maximum atomic E-state index is 13.1. The molecule has 17 nitrogen and oxygen atoms in total. The molecule has 0 bridgehead atoms. The molecule has 5 atom stereocenters. The van der Waals surface area contributed by atoms with Crippen LogP contribution in [0.1, 0.15) is 297 Å². The second-order valence-electron chi connectivity index (χ2n) is 25.5. The average molecular weight is 1470 g/mol. The van der Waals surface area contributed by atoms with Crippen molar-refractivity contribution in [2.75, 3.05) is 39.6 Å². The van der Waals surface area contributed by atoms with E-state index in [4.69, 9.17) is 37.0 Å². The van der Waals surface area contributed by atoms with Gasteiger partial charge in [-0.3, -0.25) is 37.3 Å². The minimum absolute atomic E-state index is 0.0673. The van der Waals surface area contributed by atoms with Crippen LogP contribution in [-0.4, -0.2) is 96.7 Å². The van der Waals surface area contributed by atoms with Crippen LogP contribution in [0.5, 0.6) is 0 Å². The van der Waals surface area contributed by atoms with Gasteiger partial charge in [-0.15, -0.1) is 0 Å². The average Bonchev–Trinajstić information content (AvgIpc) is 0.908. The van der Waals surface area contributed by atoms with Crippen molar-refractivity contribution in [3.05, 3.63) is 146 Å². The smallest absolute Gasteiger partial charge is 0.462 e. The van der Waals surface area contributed by atoms with Gasteiger partial charge in [0.1, 0.15) is 19.3 Å². The SMILES string of the molecule is CC/C=C\C/C=C\C/C=C\C/C=C\CCCCCCCCC(=O)OCC(COP(=O)(O)OCC(O)COP(=O)(O)OCC(COC(=O)CCCCCCC/C=C\C/C=C\C/C=C\CC)OC(=O)CCCCCCC/C=C\C/C=C\C/C=C\CC)OC(=O)CCCCCCC/C=C\C/C=C\CCC. The van der Waals surface area contributed by atoms with Crippen LogP contribution in [0.15, 0.2) is 146 Å². The van der Waals surface area contributed by atoms with Crippen molar-refractivity contribution < 1.29 is 80.2 Å². The summed E-state index contributed by atoms with van der Waals surface area (Å²) in [6.45, 7) is 4.40. The fraction of sp³-hybridized carbons (Fsp3) is 0.663. The lowest BCUT2D eigenvalue weighted by atomic mass is 10.1. The van der Waals surface area contributed by atoms with E-state index in [-0.39, 0.29) is 25.7 Å². The lowest BCUT2D eigenvalue weighted by molar-refractivity contribution is -0.161. The van der Waals surface area contributed by atoms with Gasteiger partial charge in [0.2, 0.25) is 0 Å². The first-order chi connectivity index (χ1) is 49.7. The molecule has 0 aromatic heterocycles. The van der Waals surface area contributed by atoms with Crippen molar-refractivity contribution in [1.82, 2.24) is 0 Å². The van der Waals surface area contributed by atoms with E-state index in [0.717, 1.165) is 218 Å². The third-order valence-corrected chi connectivity index (χ3v) is 17.7. The topological polar surface area (TPSA) is 237 Å². The predicted octanol–water partition coefficient (Wildman–Crippen LogP) is 22.7. The first kappa shape index (κ1) is 96.9. The van der Waals surface area contributed by atoms with Crippen molar-refractivity contribution in [3.8, 4) is 0 Å². The minimum atomic E-state index is -4.99. The number of unbranched alkanes of at least 4 members (excludes halogenated alkanes) is 22. The zero-order chi connectivity index (χ0) is 74.6. The van der Waals surface area contributed by atoms with E-state index in [0.29, 0.717) is 25.7 Å². The minimum Gasteiger partial charge on any atom is -0.462 e. The molecule has 19 heteroatoms. The maximum Gasteiger partial charge on any atom is 0.472 e. The molecule has 0 spiro atoms. The van der Waals surface area contributed by atoms with Crippen LogP contribution in [0.2, 0.25) is 0 Å². The van der Waals surface area contributed by atoms with Crippen molar-refractivity contribution in [2.24, 2.45) is 0 Å². The molecule has 0 aromatic rings.